The zero-order valence-corrected chi connectivity index (χ0v) is 17.5. The first-order valence-corrected chi connectivity index (χ1v) is 11.5. The number of rotatable bonds is 6. The van der Waals surface area contributed by atoms with Crippen LogP contribution in [0.1, 0.15) is 30.1 Å². The second-order valence-electron chi connectivity index (χ2n) is 6.93. The van der Waals surface area contributed by atoms with E-state index >= 15 is 0 Å². The quantitative estimate of drug-likeness (QED) is 0.671. The van der Waals surface area contributed by atoms with Crippen molar-refractivity contribution in [2.45, 2.75) is 24.0 Å². The number of carbonyl (C=O) groups excluding carboxylic acids is 2. The zero-order chi connectivity index (χ0) is 21.0. The molecule has 1 saturated heterocycles. The summed E-state index contributed by atoms with van der Waals surface area (Å²) in [5, 5.41) is 11.7. The summed E-state index contributed by atoms with van der Waals surface area (Å²) in [4.78, 5) is 26.1. The van der Waals surface area contributed by atoms with Crippen LogP contribution in [0, 0.1) is 5.92 Å². The first-order chi connectivity index (χ1) is 13.8. The van der Waals surface area contributed by atoms with Crippen LogP contribution in [-0.2, 0) is 19.6 Å². The number of anilines is 1. The van der Waals surface area contributed by atoms with Crippen LogP contribution in [0.2, 0.25) is 0 Å². The van der Waals surface area contributed by atoms with E-state index in [1.54, 1.807) is 16.3 Å². The van der Waals surface area contributed by atoms with Crippen molar-refractivity contribution < 1.29 is 27.9 Å². The fourth-order valence-electron chi connectivity index (χ4n) is 3.10. The molecule has 3 rings (SSSR count). The van der Waals surface area contributed by atoms with Crippen LogP contribution in [0.5, 0.6) is 5.75 Å². The van der Waals surface area contributed by atoms with Crippen molar-refractivity contribution >= 4 is 38.9 Å². The molecule has 0 unspecified atom stereocenters. The maximum Gasteiger partial charge on any atom is 0.342 e. The van der Waals surface area contributed by atoms with Crippen molar-refractivity contribution in [1.29, 1.82) is 0 Å². The summed E-state index contributed by atoms with van der Waals surface area (Å²) in [5.41, 5.74) is -0.0466. The molecule has 0 spiro atoms. The number of phenolic OH excluding ortho intramolecular Hbond substituents is 1. The Morgan fingerprint density at radius 1 is 1.34 bits per heavy atom. The van der Waals surface area contributed by atoms with Gasteiger partial charge in [0.05, 0.1) is 5.69 Å². The highest BCUT2D eigenvalue weighted by Crippen LogP contribution is 2.26. The summed E-state index contributed by atoms with van der Waals surface area (Å²) in [7, 11) is -3.77. The Labute approximate surface area is 173 Å². The number of likely N-dealkylation sites (tertiary alicyclic amines) is 1. The fraction of sp³-hybridized carbons (Fsp3) is 0.368. The average Bonchev–Trinajstić information content (AvgIpc) is 3.21. The minimum absolute atomic E-state index is 0.103. The van der Waals surface area contributed by atoms with Gasteiger partial charge in [-0.05, 0) is 42.3 Å². The zero-order valence-electron chi connectivity index (χ0n) is 15.8. The molecule has 0 saturated carbocycles. The minimum Gasteiger partial charge on any atom is -0.507 e. The number of phenols is 1. The van der Waals surface area contributed by atoms with Gasteiger partial charge in [0, 0.05) is 19.2 Å². The maximum absolute atomic E-state index is 12.2. The third kappa shape index (κ3) is 5.27. The first-order valence-electron chi connectivity index (χ1n) is 9.10. The Balaban J connectivity index is 1.61. The van der Waals surface area contributed by atoms with E-state index in [-0.39, 0.29) is 21.4 Å². The maximum atomic E-state index is 12.2. The number of piperidine rings is 1. The summed E-state index contributed by atoms with van der Waals surface area (Å²) in [6, 6.07) is 6.78. The number of hydrogen-bond donors (Lipinski definition) is 2. The highest BCUT2D eigenvalue weighted by Gasteiger charge is 2.23. The third-order valence-corrected chi connectivity index (χ3v) is 7.35. The normalized spacial score (nSPS) is 17.0. The molecule has 2 N–H and O–H groups in total. The number of carbonyl (C=O) groups is 2. The summed E-state index contributed by atoms with van der Waals surface area (Å²) >= 11 is 1.06. The van der Waals surface area contributed by atoms with E-state index in [0.717, 1.165) is 30.2 Å². The number of thiophene rings is 1. The number of ether oxygens (including phenoxy) is 1. The second-order valence-corrected chi connectivity index (χ2v) is 9.79. The van der Waals surface area contributed by atoms with Gasteiger partial charge < -0.3 is 14.7 Å². The molecule has 0 bridgehead atoms. The predicted octanol–water partition coefficient (Wildman–Crippen LogP) is 2.67. The van der Waals surface area contributed by atoms with Crippen molar-refractivity contribution in [3.8, 4) is 5.75 Å². The number of sulfonamides is 1. The Hall–Kier alpha value is -2.59. The van der Waals surface area contributed by atoms with Gasteiger partial charge >= 0.3 is 5.97 Å². The molecule has 1 fully saturated rings. The Morgan fingerprint density at radius 3 is 2.79 bits per heavy atom. The van der Waals surface area contributed by atoms with Gasteiger partial charge in [-0.1, -0.05) is 13.0 Å². The summed E-state index contributed by atoms with van der Waals surface area (Å²) in [6.45, 7) is 2.95. The van der Waals surface area contributed by atoms with Gasteiger partial charge in [-0.15, -0.1) is 11.3 Å². The van der Waals surface area contributed by atoms with Crippen molar-refractivity contribution in [2.24, 2.45) is 5.92 Å². The number of nitrogens with zero attached hydrogens (tertiary/aromatic N) is 1. The summed E-state index contributed by atoms with van der Waals surface area (Å²) in [5.74, 6) is -1.16. The minimum atomic E-state index is -3.77. The lowest BCUT2D eigenvalue weighted by Gasteiger charge is -2.30. The largest absolute Gasteiger partial charge is 0.507 e. The van der Waals surface area contributed by atoms with Crippen molar-refractivity contribution in [3.05, 3.63) is 41.3 Å². The van der Waals surface area contributed by atoms with E-state index in [1.807, 2.05) is 0 Å². The molecule has 2 heterocycles. The van der Waals surface area contributed by atoms with Gasteiger partial charge in [0.1, 0.15) is 15.5 Å². The SMILES string of the molecule is C[C@H]1CCCN(C(=O)COC(=O)c2ccc(NS(=O)(=O)c3cccs3)cc2O)C1. The van der Waals surface area contributed by atoms with Gasteiger partial charge in [0.2, 0.25) is 0 Å². The van der Waals surface area contributed by atoms with Crippen LogP contribution < -0.4 is 4.72 Å². The lowest BCUT2D eigenvalue weighted by Crippen LogP contribution is -2.41. The average molecular weight is 439 g/mol. The lowest BCUT2D eigenvalue weighted by molar-refractivity contribution is -0.136. The monoisotopic (exact) mass is 438 g/mol. The molecule has 1 aliphatic heterocycles. The van der Waals surface area contributed by atoms with Crippen LogP contribution in [-0.4, -0.2) is 50.0 Å². The molecule has 1 aromatic heterocycles. The van der Waals surface area contributed by atoms with Crippen LogP contribution >= 0.6 is 11.3 Å². The molecular weight excluding hydrogens is 416 g/mol. The summed E-state index contributed by atoms with van der Waals surface area (Å²) < 4.78 is 32.0. The second kappa shape index (κ2) is 8.83. The molecule has 0 aliphatic carbocycles. The molecule has 1 atom stereocenters. The number of nitrogens with one attached hydrogen (secondary N) is 1. The van der Waals surface area contributed by atoms with Crippen LogP contribution in [0.25, 0.3) is 0 Å². The molecule has 10 heteroatoms. The molecule has 1 amide bonds. The first kappa shape index (κ1) is 21.1. The molecule has 156 valence electrons. The number of aromatic hydroxyl groups is 1. The van der Waals surface area contributed by atoms with Crippen LogP contribution in [0.15, 0.2) is 39.9 Å². The highest BCUT2D eigenvalue weighted by atomic mass is 32.2. The van der Waals surface area contributed by atoms with E-state index in [9.17, 15) is 23.1 Å². The molecule has 8 nitrogen and oxygen atoms in total. The number of amides is 1. The van der Waals surface area contributed by atoms with Gasteiger partial charge in [-0.2, -0.15) is 0 Å². The molecule has 0 radical (unpaired) electrons. The smallest absolute Gasteiger partial charge is 0.342 e. The molecule has 1 aliphatic rings. The van der Waals surface area contributed by atoms with Crippen molar-refractivity contribution in [3.63, 3.8) is 0 Å². The van der Waals surface area contributed by atoms with E-state index in [4.69, 9.17) is 4.74 Å². The number of esters is 1. The highest BCUT2D eigenvalue weighted by molar-refractivity contribution is 7.94. The topological polar surface area (TPSA) is 113 Å². The number of benzene rings is 1. The predicted molar refractivity (Wildman–Crippen MR) is 108 cm³/mol. The van der Waals surface area contributed by atoms with Gasteiger partial charge in [0.15, 0.2) is 6.61 Å². The van der Waals surface area contributed by atoms with E-state index in [0.29, 0.717) is 19.0 Å². The van der Waals surface area contributed by atoms with E-state index in [1.165, 1.54) is 18.2 Å². The van der Waals surface area contributed by atoms with Gasteiger partial charge in [0.25, 0.3) is 15.9 Å². The molecule has 1 aromatic carbocycles. The standard InChI is InChI=1S/C19H22N2O6S2/c1-13-4-2-8-21(11-13)17(23)12-27-19(24)15-7-6-14(10-16(15)22)20-29(25,26)18-5-3-9-28-18/h3,5-7,9-10,13,20,22H,2,4,8,11-12H2,1H3/t13-/m0/s1. The van der Waals surface area contributed by atoms with Gasteiger partial charge in [-0.25, -0.2) is 13.2 Å². The van der Waals surface area contributed by atoms with E-state index < -0.39 is 28.3 Å². The van der Waals surface area contributed by atoms with Crippen molar-refractivity contribution in [1.82, 2.24) is 4.90 Å². The third-order valence-electron chi connectivity index (χ3n) is 4.57. The lowest BCUT2D eigenvalue weighted by atomic mass is 10.0. The Bertz CT molecular complexity index is 988. The fourth-order valence-corrected chi connectivity index (χ4v) is 5.14. The molecule has 2 aromatic rings. The van der Waals surface area contributed by atoms with Crippen molar-refractivity contribution in [2.75, 3.05) is 24.4 Å². The van der Waals surface area contributed by atoms with Crippen LogP contribution in [0.4, 0.5) is 5.69 Å². The Morgan fingerprint density at radius 2 is 2.14 bits per heavy atom. The van der Waals surface area contributed by atoms with Gasteiger partial charge in [-0.3, -0.25) is 9.52 Å². The molecular formula is C19H22N2O6S2. The summed E-state index contributed by atoms with van der Waals surface area (Å²) in [6.07, 6.45) is 1.99. The Kier molecular flexibility index (Phi) is 6.43. The van der Waals surface area contributed by atoms with E-state index in [2.05, 4.69) is 11.6 Å². The molecule has 29 heavy (non-hydrogen) atoms. The number of hydrogen-bond acceptors (Lipinski definition) is 7. The van der Waals surface area contributed by atoms with Crippen LogP contribution in [0.3, 0.4) is 0 Å².